The number of Topliss-reactive ketones (excluding diaryl/α,β-unsaturated/α-hetero) is 1. The Balaban J connectivity index is 1.42. The minimum Gasteiger partial charge on any atom is -0.446 e. The molecule has 1 aromatic rings. The van der Waals surface area contributed by atoms with Crippen LogP contribution in [0.2, 0.25) is 0 Å². The van der Waals surface area contributed by atoms with Crippen molar-refractivity contribution in [1.82, 2.24) is 15.1 Å². The Bertz CT molecular complexity index is 938. The normalized spacial score (nSPS) is 26.3. The Morgan fingerprint density at radius 2 is 1.94 bits per heavy atom. The summed E-state index contributed by atoms with van der Waals surface area (Å²) in [6.07, 6.45) is 4.76. The molecule has 4 unspecified atom stereocenters. The molecule has 0 radical (unpaired) electrons. The van der Waals surface area contributed by atoms with Gasteiger partial charge in [0, 0.05) is 32.0 Å². The van der Waals surface area contributed by atoms with Crippen LogP contribution in [0.1, 0.15) is 50.5 Å². The molecule has 1 saturated carbocycles. The van der Waals surface area contributed by atoms with Gasteiger partial charge in [-0.05, 0) is 63.5 Å². The second-order valence-corrected chi connectivity index (χ2v) is 10.3. The van der Waals surface area contributed by atoms with Crippen LogP contribution in [0, 0.1) is 23.2 Å². The van der Waals surface area contributed by atoms with Crippen molar-refractivity contribution in [2.24, 2.45) is 11.8 Å². The third kappa shape index (κ3) is 6.61. The molecule has 1 N–H and O–H groups in total. The second kappa shape index (κ2) is 11.7. The fourth-order valence-corrected chi connectivity index (χ4v) is 5.62. The van der Waals surface area contributed by atoms with Crippen molar-refractivity contribution >= 4 is 17.8 Å². The van der Waals surface area contributed by atoms with E-state index in [0.717, 1.165) is 50.8 Å². The second-order valence-electron chi connectivity index (χ2n) is 10.3. The van der Waals surface area contributed by atoms with E-state index in [9.17, 15) is 19.6 Å². The summed E-state index contributed by atoms with van der Waals surface area (Å²) in [5, 5.41) is 12.5. The topological polar surface area (TPSA) is 103 Å². The summed E-state index contributed by atoms with van der Waals surface area (Å²) >= 11 is 0. The van der Waals surface area contributed by atoms with Crippen LogP contribution in [0.15, 0.2) is 30.3 Å². The van der Waals surface area contributed by atoms with Crippen LogP contribution >= 0.6 is 0 Å². The maximum atomic E-state index is 13.3. The van der Waals surface area contributed by atoms with Gasteiger partial charge in [-0.15, -0.1) is 0 Å². The zero-order chi connectivity index (χ0) is 24.8. The summed E-state index contributed by atoms with van der Waals surface area (Å²) in [7, 11) is 2.05. The van der Waals surface area contributed by atoms with Crippen LogP contribution in [-0.4, -0.2) is 72.5 Å². The van der Waals surface area contributed by atoms with Gasteiger partial charge < -0.3 is 15.0 Å². The molecule has 8 nitrogen and oxygen atoms in total. The molecule has 3 aliphatic rings. The molecule has 2 saturated heterocycles. The Morgan fingerprint density at radius 1 is 1.20 bits per heavy atom. The van der Waals surface area contributed by atoms with Crippen LogP contribution in [0.25, 0.3) is 0 Å². The third-order valence-corrected chi connectivity index (χ3v) is 7.65. The summed E-state index contributed by atoms with van der Waals surface area (Å²) in [5.41, 5.74) is 1.16. The number of nitrogens with zero attached hydrogens (tertiary/aromatic N) is 3. The van der Waals surface area contributed by atoms with Crippen molar-refractivity contribution in [2.45, 2.75) is 69.6 Å². The number of carbonyl (C=O) groups is 3. The van der Waals surface area contributed by atoms with Crippen molar-refractivity contribution < 1.29 is 19.1 Å². The van der Waals surface area contributed by atoms with E-state index in [4.69, 9.17) is 4.74 Å². The highest BCUT2D eigenvalue weighted by atomic mass is 16.6. The molecular formula is C27H36N4O4. The number of rotatable bonds is 7. The molecule has 0 aromatic heterocycles. The highest BCUT2D eigenvalue weighted by Gasteiger charge is 2.42. The van der Waals surface area contributed by atoms with Gasteiger partial charge in [-0.1, -0.05) is 30.3 Å². The van der Waals surface area contributed by atoms with Crippen molar-refractivity contribution in [2.75, 3.05) is 26.7 Å². The van der Waals surface area contributed by atoms with Gasteiger partial charge in [-0.3, -0.25) is 14.5 Å². The molecule has 0 spiro atoms. The molecule has 8 heteroatoms. The van der Waals surface area contributed by atoms with Gasteiger partial charge >= 0.3 is 6.09 Å². The Labute approximate surface area is 207 Å². The van der Waals surface area contributed by atoms with Crippen molar-refractivity contribution in [3.63, 3.8) is 0 Å². The van der Waals surface area contributed by atoms with Crippen LogP contribution in [-0.2, 0) is 20.7 Å². The van der Waals surface area contributed by atoms with E-state index >= 15 is 0 Å². The summed E-state index contributed by atoms with van der Waals surface area (Å²) in [6.45, 7) is 2.20. The highest BCUT2D eigenvalue weighted by Crippen LogP contribution is 2.29. The minimum atomic E-state index is -0.741. The predicted octanol–water partition coefficient (Wildman–Crippen LogP) is 2.92. The highest BCUT2D eigenvalue weighted by molar-refractivity contribution is 5.87. The van der Waals surface area contributed by atoms with Gasteiger partial charge in [0.25, 0.3) is 0 Å². The largest absolute Gasteiger partial charge is 0.446 e. The number of nitrogens with one attached hydrogen (secondary N) is 1. The Kier molecular flexibility index (Phi) is 8.40. The Hall–Kier alpha value is -2.92. The molecule has 4 rings (SSSR count). The van der Waals surface area contributed by atoms with Crippen molar-refractivity contribution in [1.29, 1.82) is 5.26 Å². The average Bonchev–Trinajstić information content (AvgIpc) is 3.47. The number of likely N-dealkylation sites (tertiary alicyclic amines) is 2. The van der Waals surface area contributed by atoms with Crippen molar-refractivity contribution in [3.8, 4) is 6.07 Å². The molecule has 188 valence electrons. The maximum Gasteiger partial charge on any atom is 0.410 e. The van der Waals surface area contributed by atoms with Crippen LogP contribution in [0.5, 0.6) is 0 Å². The van der Waals surface area contributed by atoms with Crippen LogP contribution in [0.4, 0.5) is 4.79 Å². The lowest BCUT2D eigenvalue weighted by Gasteiger charge is -2.31. The minimum absolute atomic E-state index is 0.120. The number of ketones is 1. The lowest BCUT2D eigenvalue weighted by atomic mass is 9.96. The number of hydrogen-bond donors (Lipinski definition) is 1. The van der Waals surface area contributed by atoms with Gasteiger partial charge in [-0.2, -0.15) is 5.26 Å². The number of amides is 2. The summed E-state index contributed by atoms with van der Waals surface area (Å²) in [5.74, 6) is -0.209. The van der Waals surface area contributed by atoms with Gasteiger partial charge in [0.2, 0.25) is 5.91 Å². The fourth-order valence-electron chi connectivity index (χ4n) is 5.62. The summed E-state index contributed by atoms with van der Waals surface area (Å²) < 4.78 is 5.83. The number of ether oxygens (including phenoxy) is 1. The number of piperidine rings is 1. The van der Waals surface area contributed by atoms with E-state index < -0.39 is 18.2 Å². The van der Waals surface area contributed by atoms with Crippen LogP contribution in [0.3, 0.4) is 0 Å². The van der Waals surface area contributed by atoms with E-state index in [2.05, 4.69) is 35.5 Å². The monoisotopic (exact) mass is 480 g/mol. The van der Waals surface area contributed by atoms with Gasteiger partial charge in [-0.25, -0.2) is 4.79 Å². The predicted molar refractivity (Wildman–Crippen MR) is 130 cm³/mol. The van der Waals surface area contributed by atoms with E-state index in [1.54, 1.807) is 4.90 Å². The number of nitriles is 1. The molecule has 35 heavy (non-hydrogen) atoms. The van der Waals surface area contributed by atoms with E-state index in [1.807, 2.05) is 18.2 Å². The number of carbonyl (C=O) groups excluding carboxylic acids is 3. The van der Waals surface area contributed by atoms with Gasteiger partial charge in [0.1, 0.15) is 24.0 Å². The smallest absolute Gasteiger partial charge is 0.410 e. The molecule has 1 aromatic carbocycles. The molecule has 0 bridgehead atoms. The molecule has 4 atom stereocenters. The molecule has 2 heterocycles. The van der Waals surface area contributed by atoms with E-state index in [-0.39, 0.29) is 29.6 Å². The molecule has 1 aliphatic carbocycles. The zero-order valence-corrected chi connectivity index (χ0v) is 20.5. The first kappa shape index (κ1) is 25.2. The lowest BCUT2D eigenvalue weighted by molar-refractivity contribution is -0.126. The Morgan fingerprint density at radius 3 is 2.60 bits per heavy atom. The molecule has 2 aliphatic heterocycles. The third-order valence-electron chi connectivity index (χ3n) is 7.65. The quantitative estimate of drug-likeness (QED) is 0.644. The molecular weight excluding hydrogens is 444 g/mol. The SMILES string of the molecule is CN1CCC(OC(=O)N2CC(Cc3ccccc3)CC2C(=O)NC(C#N)CC2CCCC2=O)CC1. The lowest BCUT2D eigenvalue weighted by Crippen LogP contribution is -2.50. The first-order valence-electron chi connectivity index (χ1n) is 12.9. The zero-order valence-electron chi connectivity index (χ0n) is 20.5. The average molecular weight is 481 g/mol. The maximum absolute atomic E-state index is 13.3. The fraction of sp³-hybridized carbons (Fsp3) is 0.630. The number of benzene rings is 1. The van der Waals surface area contributed by atoms with Crippen molar-refractivity contribution in [3.05, 3.63) is 35.9 Å². The van der Waals surface area contributed by atoms with Gasteiger partial charge in [0.15, 0.2) is 0 Å². The first-order valence-corrected chi connectivity index (χ1v) is 12.9. The number of hydrogen-bond acceptors (Lipinski definition) is 6. The first-order chi connectivity index (χ1) is 16.9. The summed E-state index contributed by atoms with van der Waals surface area (Å²) in [4.78, 5) is 42.3. The van der Waals surface area contributed by atoms with E-state index in [0.29, 0.717) is 25.8 Å². The summed E-state index contributed by atoms with van der Waals surface area (Å²) in [6, 6.07) is 10.8. The molecule has 2 amide bonds. The standard InChI is InChI=1S/C27H36N4O4/c1-30-12-10-23(11-13-30)35-27(34)31-18-20(14-19-6-3-2-4-7-19)15-24(31)26(33)29-22(17-28)16-21-8-5-9-25(21)32/h2-4,6-7,20-24H,5,8-16,18H2,1H3,(H,29,33). The van der Waals surface area contributed by atoms with E-state index in [1.165, 1.54) is 0 Å². The van der Waals surface area contributed by atoms with Crippen LogP contribution < -0.4 is 5.32 Å². The molecule has 3 fully saturated rings. The van der Waals surface area contributed by atoms with Gasteiger partial charge in [0.05, 0.1) is 6.07 Å².